The molecule has 0 bridgehead atoms. The largest absolute Gasteiger partial charge is 0.381 e. The Morgan fingerprint density at radius 2 is 1.79 bits per heavy atom. The molecule has 1 aliphatic rings. The summed E-state index contributed by atoms with van der Waals surface area (Å²) in [7, 11) is 0. The summed E-state index contributed by atoms with van der Waals surface area (Å²) in [4.78, 5) is 24.6. The highest BCUT2D eigenvalue weighted by atomic mass is 16.5. The first kappa shape index (κ1) is 20.1. The van der Waals surface area contributed by atoms with Crippen LogP contribution in [0.3, 0.4) is 0 Å². The SMILES string of the molecule is CCCC(=O)Nc1cccc(C(=O)NCC2(c3ccccc3)CCOCC2)c1. The van der Waals surface area contributed by atoms with E-state index in [1.165, 1.54) is 5.56 Å². The van der Waals surface area contributed by atoms with Crippen molar-refractivity contribution in [3.63, 3.8) is 0 Å². The van der Waals surface area contributed by atoms with E-state index in [-0.39, 0.29) is 17.2 Å². The van der Waals surface area contributed by atoms with Crippen LogP contribution in [0.2, 0.25) is 0 Å². The second-order valence-corrected chi connectivity index (χ2v) is 7.32. The van der Waals surface area contributed by atoms with Gasteiger partial charge in [-0.05, 0) is 43.0 Å². The standard InChI is InChI=1S/C23H28N2O3/c1-2-7-21(26)25-20-11-6-8-18(16-20)22(27)24-17-23(12-14-28-15-13-23)19-9-4-3-5-10-19/h3-6,8-11,16H,2,7,12-15,17H2,1H3,(H,24,27)(H,25,26). The lowest BCUT2D eigenvalue weighted by atomic mass is 9.74. The number of carbonyl (C=O) groups is 2. The molecule has 5 nitrogen and oxygen atoms in total. The van der Waals surface area contributed by atoms with Gasteiger partial charge in [-0.15, -0.1) is 0 Å². The van der Waals surface area contributed by atoms with Gasteiger partial charge in [0, 0.05) is 42.8 Å². The Morgan fingerprint density at radius 3 is 2.50 bits per heavy atom. The molecule has 0 saturated carbocycles. The first-order valence-electron chi connectivity index (χ1n) is 9.94. The molecule has 1 heterocycles. The number of anilines is 1. The lowest BCUT2D eigenvalue weighted by Gasteiger charge is -2.38. The lowest BCUT2D eigenvalue weighted by Crippen LogP contribution is -2.44. The van der Waals surface area contributed by atoms with Gasteiger partial charge in [0.05, 0.1) is 0 Å². The summed E-state index contributed by atoms with van der Waals surface area (Å²) in [6, 6.07) is 17.4. The van der Waals surface area contributed by atoms with Crippen molar-refractivity contribution in [2.24, 2.45) is 0 Å². The monoisotopic (exact) mass is 380 g/mol. The molecule has 2 aromatic carbocycles. The summed E-state index contributed by atoms with van der Waals surface area (Å²) in [6.07, 6.45) is 3.02. The average molecular weight is 380 g/mol. The van der Waals surface area contributed by atoms with E-state index in [4.69, 9.17) is 4.74 Å². The molecule has 2 aromatic rings. The van der Waals surface area contributed by atoms with E-state index in [9.17, 15) is 9.59 Å². The second-order valence-electron chi connectivity index (χ2n) is 7.32. The molecule has 1 aliphatic heterocycles. The number of benzene rings is 2. The van der Waals surface area contributed by atoms with Crippen molar-refractivity contribution in [3.8, 4) is 0 Å². The van der Waals surface area contributed by atoms with Gasteiger partial charge in [-0.1, -0.05) is 43.3 Å². The molecule has 0 radical (unpaired) electrons. The molecule has 1 fully saturated rings. The Labute approximate surface area is 166 Å². The molecular formula is C23H28N2O3. The maximum absolute atomic E-state index is 12.8. The molecule has 148 valence electrons. The predicted octanol–water partition coefficient (Wildman–Crippen LogP) is 3.90. The minimum absolute atomic E-state index is 0.0368. The van der Waals surface area contributed by atoms with Crippen LogP contribution in [-0.4, -0.2) is 31.6 Å². The highest BCUT2D eigenvalue weighted by Crippen LogP contribution is 2.34. The van der Waals surface area contributed by atoms with E-state index in [2.05, 4.69) is 22.8 Å². The number of nitrogens with one attached hydrogen (secondary N) is 2. The Bertz CT molecular complexity index is 799. The van der Waals surface area contributed by atoms with Gasteiger partial charge >= 0.3 is 0 Å². The van der Waals surface area contributed by atoms with Gasteiger partial charge in [-0.2, -0.15) is 0 Å². The maximum atomic E-state index is 12.8. The Morgan fingerprint density at radius 1 is 1.04 bits per heavy atom. The Kier molecular flexibility index (Phi) is 6.82. The fourth-order valence-electron chi connectivity index (χ4n) is 3.66. The van der Waals surface area contributed by atoms with Crippen LogP contribution in [0.25, 0.3) is 0 Å². The van der Waals surface area contributed by atoms with Crippen LogP contribution >= 0.6 is 0 Å². The van der Waals surface area contributed by atoms with Crippen molar-refractivity contribution in [1.82, 2.24) is 5.32 Å². The van der Waals surface area contributed by atoms with Crippen molar-refractivity contribution >= 4 is 17.5 Å². The summed E-state index contributed by atoms with van der Waals surface area (Å²) >= 11 is 0. The first-order chi connectivity index (χ1) is 13.6. The summed E-state index contributed by atoms with van der Waals surface area (Å²) in [5.41, 5.74) is 2.32. The van der Waals surface area contributed by atoms with Gasteiger partial charge in [0.25, 0.3) is 5.91 Å². The van der Waals surface area contributed by atoms with E-state index >= 15 is 0 Å². The van der Waals surface area contributed by atoms with Crippen LogP contribution in [0.5, 0.6) is 0 Å². The van der Waals surface area contributed by atoms with E-state index in [1.54, 1.807) is 24.3 Å². The molecule has 0 unspecified atom stereocenters. The number of hydrogen-bond donors (Lipinski definition) is 2. The van der Waals surface area contributed by atoms with Crippen LogP contribution in [0.1, 0.15) is 48.5 Å². The molecule has 2 N–H and O–H groups in total. The molecule has 0 aromatic heterocycles. The normalized spacial score (nSPS) is 15.6. The number of amides is 2. The van der Waals surface area contributed by atoms with Crippen molar-refractivity contribution in [3.05, 3.63) is 65.7 Å². The Hall–Kier alpha value is -2.66. The van der Waals surface area contributed by atoms with Crippen LogP contribution in [-0.2, 0) is 14.9 Å². The molecule has 0 aliphatic carbocycles. The molecule has 5 heteroatoms. The third-order valence-electron chi connectivity index (χ3n) is 5.31. The number of rotatable bonds is 7. The third-order valence-corrected chi connectivity index (χ3v) is 5.31. The summed E-state index contributed by atoms with van der Waals surface area (Å²) in [5, 5.41) is 5.95. The van der Waals surface area contributed by atoms with Crippen molar-refractivity contribution in [1.29, 1.82) is 0 Å². The van der Waals surface area contributed by atoms with E-state index in [0.717, 1.165) is 19.3 Å². The van der Waals surface area contributed by atoms with Gasteiger partial charge in [0.15, 0.2) is 0 Å². The quantitative estimate of drug-likeness (QED) is 0.765. The summed E-state index contributed by atoms with van der Waals surface area (Å²) in [5.74, 6) is -0.168. The van der Waals surface area contributed by atoms with Gasteiger partial charge in [-0.25, -0.2) is 0 Å². The van der Waals surface area contributed by atoms with Crippen LogP contribution in [0.15, 0.2) is 54.6 Å². The zero-order valence-electron chi connectivity index (χ0n) is 16.4. The topological polar surface area (TPSA) is 67.4 Å². The number of carbonyl (C=O) groups excluding carboxylic acids is 2. The predicted molar refractivity (Wildman–Crippen MR) is 110 cm³/mol. The van der Waals surface area contributed by atoms with Crippen molar-refractivity contribution in [2.45, 2.75) is 38.0 Å². The highest BCUT2D eigenvalue weighted by Gasteiger charge is 2.34. The average Bonchev–Trinajstić information content (AvgIpc) is 2.74. The third kappa shape index (κ3) is 4.98. The fourth-order valence-corrected chi connectivity index (χ4v) is 3.66. The molecule has 3 rings (SSSR count). The van der Waals surface area contributed by atoms with E-state index in [1.807, 2.05) is 25.1 Å². The van der Waals surface area contributed by atoms with E-state index < -0.39 is 0 Å². The number of ether oxygens (including phenoxy) is 1. The zero-order valence-corrected chi connectivity index (χ0v) is 16.4. The summed E-state index contributed by atoms with van der Waals surface area (Å²) < 4.78 is 5.56. The molecule has 0 atom stereocenters. The highest BCUT2D eigenvalue weighted by molar-refractivity contribution is 5.97. The van der Waals surface area contributed by atoms with Gasteiger partial charge in [0.2, 0.25) is 5.91 Å². The lowest BCUT2D eigenvalue weighted by molar-refractivity contribution is -0.116. The minimum atomic E-state index is -0.131. The molecule has 1 saturated heterocycles. The van der Waals surface area contributed by atoms with Crippen molar-refractivity contribution in [2.75, 3.05) is 25.1 Å². The molecule has 28 heavy (non-hydrogen) atoms. The summed E-state index contributed by atoms with van der Waals surface area (Å²) in [6.45, 7) is 3.92. The zero-order chi connectivity index (χ0) is 19.8. The maximum Gasteiger partial charge on any atom is 0.251 e. The van der Waals surface area contributed by atoms with Gasteiger partial charge < -0.3 is 15.4 Å². The first-order valence-corrected chi connectivity index (χ1v) is 9.94. The molecule has 0 spiro atoms. The second kappa shape index (κ2) is 9.51. The Balaban J connectivity index is 1.69. The van der Waals surface area contributed by atoms with Crippen LogP contribution in [0, 0.1) is 0 Å². The fraction of sp³-hybridized carbons (Fsp3) is 0.391. The van der Waals surface area contributed by atoms with E-state index in [0.29, 0.717) is 37.4 Å². The van der Waals surface area contributed by atoms with Gasteiger partial charge in [-0.3, -0.25) is 9.59 Å². The molecule has 2 amide bonds. The van der Waals surface area contributed by atoms with Crippen molar-refractivity contribution < 1.29 is 14.3 Å². The molecular weight excluding hydrogens is 352 g/mol. The smallest absolute Gasteiger partial charge is 0.251 e. The van der Waals surface area contributed by atoms with Crippen LogP contribution < -0.4 is 10.6 Å². The van der Waals surface area contributed by atoms with Crippen LogP contribution in [0.4, 0.5) is 5.69 Å². The number of hydrogen-bond acceptors (Lipinski definition) is 3. The van der Waals surface area contributed by atoms with Gasteiger partial charge in [0.1, 0.15) is 0 Å². The minimum Gasteiger partial charge on any atom is -0.381 e.